The van der Waals surface area contributed by atoms with E-state index in [0.29, 0.717) is 0 Å². The lowest BCUT2D eigenvalue weighted by molar-refractivity contribution is 0.326. The molecule has 0 bridgehead atoms. The minimum absolute atomic E-state index is 0.756. The molecule has 1 N–H and O–H groups in total. The molecule has 1 aromatic heterocycles. The zero-order valence-corrected chi connectivity index (χ0v) is 11.5. The number of rotatable bonds is 4. The molecule has 1 aliphatic carbocycles. The van der Waals surface area contributed by atoms with Gasteiger partial charge in [0.1, 0.15) is 5.82 Å². The van der Waals surface area contributed by atoms with Crippen molar-refractivity contribution in [1.29, 1.82) is 0 Å². The molecule has 1 saturated carbocycles. The van der Waals surface area contributed by atoms with Crippen molar-refractivity contribution >= 4 is 0 Å². The van der Waals surface area contributed by atoms with Crippen LogP contribution in [0.15, 0.2) is 6.20 Å². The van der Waals surface area contributed by atoms with Gasteiger partial charge in [-0.3, -0.25) is 0 Å². The van der Waals surface area contributed by atoms with Crippen LogP contribution in [-0.4, -0.2) is 22.6 Å². The second kappa shape index (κ2) is 5.43. The van der Waals surface area contributed by atoms with Crippen LogP contribution in [0, 0.1) is 12.8 Å². The first kappa shape index (κ1) is 12.2. The van der Waals surface area contributed by atoms with E-state index in [9.17, 15) is 0 Å². The fourth-order valence-electron chi connectivity index (χ4n) is 3.24. The number of nitrogens with one attached hydrogen (secondary N) is 1. The normalized spacial score (nSPS) is 22.1. The van der Waals surface area contributed by atoms with E-state index in [4.69, 9.17) is 0 Å². The zero-order chi connectivity index (χ0) is 12.4. The minimum Gasteiger partial charge on any atom is -0.332 e. The largest absolute Gasteiger partial charge is 0.332 e. The van der Waals surface area contributed by atoms with Gasteiger partial charge in [0, 0.05) is 24.4 Å². The molecule has 3 nitrogen and oxygen atoms in total. The van der Waals surface area contributed by atoms with E-state index in [1.54, 1.807) is 0 Å². The molecular formula is C15H25N3. The molecule has 1 aliphatic heterocycles. The molecule has 0 atom stereocenters. The van der Waals surface area contributed by atoms with Crippen LogP contribution >= 0.6 is 0 Å². The third-order valence-corrected chi connectivity index (χ3v) is 4.78. The highest BCUT2D eigenvalue weighted by Gasteiger charge is 2.25. The molecule has 0 unspecified atom stereocenters. The van der Waals surface area contributed by atoms with Gasteiger partial charge < -0.3 is 9.88 Å². The summed E-state index contributed by atoms with van der Waals surface area (Å²) < 4.78 is 2.49. The first-order valence-corrected chi connectivity index (χ1v) is 7.57. The molecular weight excluding hydrogens is 222 g/mol. The second-order valence-electron chi connectivity index (χ2n) is 6.02. The Balaban J connectivity index is 1.62. The van der Waals surface area contributed by atoms with Crippen molar-refractivity contribution < 1.29 is 0 Å². The SMILES string of the molecule is Cc1cnc(C2CCC2)n1CCC1CCNCC1. The Morgan fingerprint density at radius 1 is 1.28 bits per heavy atom. The highest BCUT2D eigenvalue weighted by Crippen LogP contribution is 2.36. The lowest BCUT2D eigenvalue weighted by Crippen LogP contribution is -2.28. The van der Waals surface area contributed by atoms with Crippen LogP contribution in [0.1, 0.15) is 56.0 Å². The number of nitrogens with zero attached hydrogens (tertiary/aromatic N) is 2. The van der Waals surface area contributed by atoms with E-state index < -0.39 is 0 Å². The quantitative estimate of drug-likeness (QED) is 0.886. The summed E-state index contributed by atoms with van der Waals surface area (Å²) in [6.45, 7) is 5.81. The summed E-state index contributed by atoms with van der Waals surface area (Å²) in [7, 11) is 0. The summed E-state index contributed by atoms with van der Waals surface area (Å²) in [5.74, 6) is 3.04. The summed E-state index contributed by atoms with van der Waals surface area (Å²) in [6, 6.07) is 0. The zero-order valence-electron chi connectivity index (χ0n) is 11.5. The van der Waals surface area contributed by atoms with Gasteiger partial charge in [-0.1, -0.05) is 6.42 Å². The van der Waals surface area contributed by atoms with Crippen LogP contribution in [-0.2, 0) is 6.54 Å². The molecule has 0 amide bonds. The van der Waals surface area contributed by atoms with Crippen LogP contribution in [0.5, 0.6) is 0 Å². The van der Waals surface area contributed by atoms with Crippen molar-refractivity contribution in [2.75, 3.05) is 13.1 Å². The first-order valence-electron chi connectivity index (χ1n) is 7.57. The van der Waals surface area contributed by atoms with Crippen LogP contribution in [0.3, 0.4) is 0 Å². The molecule has 0 aromatic carbocycles. The summed E-state index contributed by atoms with van der Waals surface area (Å²) >= 11 is 0. The first-order chi connectivity index (χ1) is 8.84. The fourth-order valence-corrected chi connectivity index (χ4v) is 3.24. The predicted octanol–water partition coefficient (Wildman–Crippen LogP) is 2.85. The van der Waals surface area contributed by atoms with Gasteiger partial charge in [0.2, 0.25) is 0 Å². The third kappa shape index (κ3) is 2.46. The number of aromatic nitrogens is 2. The van der Waals surface area contributed by atoms with E-state index in [2.05, 4.69) is 28.0 Å². The Kier molecular flexibility index (Phi) is 3.69. The number of hydrogen-bond donors (Lipinski definition) is 1. The maximum atomic E-state index is 4.65. The topological polar surface area (TPSA) is 29.9 Å². The molecule has 2 fully saturated rings. The summed E-state index contributed by atoms with van der Waals surface area (Å²) in [6.07, 6.45) is 10.2. The van der Waals surface area contributed by atoms with Gasteiger partial charge in [-0.05, 0) is 58.0 Å². The summed E-state index contributed by atoms with van der Waals surface area (Å²) in [5, 5.41) is 3.45. The van der Waals surface area contributed by atoms with Gasteiger partial charge in [-0.15, -0.1) is 0 Å². The Hall–Kier alpha value is -0.830. The second-order valence-corrected chi connectivity index (χ2v) is 6.02. The maximum Gasteiger partial charge on any atom is 0.111 e. The molecule has 2 aliphatic rings. The molecule has 0 spiro atoms. The van der Waals surface area contributed by atoms with Crippen molar-refractivity contribution in [3.05, 3.63) is 17.7 Å². The van der Waals surface area contributed by atoms with Gasteiger partial charge in [-0.2, -0.15) is 0 Å². The lowest BCUT2D eigenvalue weighted by atomic mass is 9.84. The third-order valence-electron chi connectivity index (χ3n) is 4.78. The Morgan fingerprint density at radius 2 is 2.06 bits per heavy atom. The van der Waals surface area contributed by atoms with E-state index in [0.717, 1.165) is 11.8 Å². The smallest absolute Gasteiger partial charge is 0.111 e. The van der Waals surface area contributed by atoms with Crippen molar-refractivity contribution in [3.63, 3.8) is 0 Å². The van der Waals surface area contributed by atoms with Crippen LogP contribution in [0.2, 0.25) is 0 Å². The number of aryl methyl sites for hydroxylation is 1. The van der Waals surface area contributed by atoms with Crippen molar-refractivity contribution in [2.45, 2.75) is 57.9 Å². The average molecular weight is 247 g/mol. The Bertz CT molecular complexity index is 386. The molecule has 1 saturated heterocycles. The van der Waals surface area contributed by atoms with E-state index >= 15 is 0 Å². The number of piperidine rings is 1. The van der Waals surface area contributed by atoms with Crippen LogP contribution < -0.4 is 5.32 Å². The average Bonchev–Trinajstić information content (AvgIpc) is 2.68. The van der Waals surface area contributed by atoms with Gasteiger partial charge in [0.25, 0.3) is 0 Å². The number of imidazole rings is 1. The molecule has 0 radical (unpaired) electrons. The molecule has 100 valence electrons. The number of hydrogen-bond acceptors (Lipinski definition) is 2. The van der Waals surface area contributed by atoms with Gasteiger partial charge in [0.15, 0.2) is 0 Å². The molecule has 18 heavy (non-hydrogen) atoms. The van der Waals surface area contributed by atoms with Gasteiger partial charge in [-0.25, -0.2) is 4.98 Å². The summed E-state index contributed by atoms with van der Waals surface area (Å²) in [5.41, 5.74) is 1.35. The van der Waals surface area contributed by atoms with Crippen molar-refractivity contribution in [3.8, 4) is 0 Å². The van der Waals surface area contributed by atoms with E-state index in [-0.39, 0.29) is 0 Å². The monoisotopic (exact) mass is 247 g/mol. The van der Waals surface area contributed by atoms with Crippen molar-refractivity contribution in [2.24, 2.45) is 5.92 Å². The maximum absolute atomic E-state index is 4.65. The Morgan fingerprint density at radius 3 is 2.72 bits per heavy atom. The van der Waals surface area contributed by atoms with Crippen LogP contribution in [0.4, 0.5) is 0 Å². The lowest BCUT2D eigenvalue weighted by Gasteiger charge is -2.27. The van der Waals surface area contributed by atoms with E-state index in [1.165, 1.54) is 69.7 Å². The van der Waals surface area contributed by atoms with E-state index in [1.807, 2.05) is 0 Å². The molecule has 3 heteroatoms. The minimum atomic E-state index is 0.756. The predicted molar refractivity (Wildman–Crippen MR) is 73.8 cm³/mol. The van der Waals surface area contributed by atoms with Crippen molar-refractivity contribution in [1.82, 2.24) is 14.9 Å². The van der Waals surface area contributed by atoms with Gasteiger partial charge in [0.05, 0.1) is 0 Å². The molecule has 3 rings (SSSR count). The Labute approximate surface area is 110 Å². The van der Waals surface area contributed by atoms with Gasteiger partial charge >= 0.3 is 0 Å². The fraction of sp³-hybridized carbons (Fsp3) is 0.800. The highest BCUT2D eigenvalue weighted by atomic mass is 15.1. The standard InChI is InChI=1S/C15H25N3/c1-12-11-17-15(14-3-2-4-14)18(12)10-7-13-5-8-16-9-6-13/h11,13-14,16H,2-10H2,1H3. The highest BCUT2D eigenvalue weighted by molar-refractivity contribution is 5.10. The summed E-state index contributed by atoms with van der Waals surface area (Å²) in [4.78, 5) is 4.65. The van der Waals surface area contributed by atoms with Crippen LogP contribution in [0.25, 0.3) is 0 Å². The molecule has 1 aromatic rings. The molecule has 2 heterocycles.